The smallest absolute Gasteiger partial charge is 0.161 e. The van der Waals surface area contributed by atoms with Crippen LogP contribution in [0.1, 0.15) is 13.3 Å². The van der Waals surface area contributed by atoms with Crippen molar-refractivity contribution in [2.24, 2.45) is 4.99 Å². The van der Waals surface area contributed by atoms with Crippen molar-refractivity contribution in [3.63, 3.8) is 0 Å². The number of hydrogen-bond acceptors (Lipinski definition) is 4. The Kier molecular flexibility index (Phi) is 4.34. The number of halogens is 1. The molecule has 5 heteroatoms. The second-order valence-corrected chi connectivity index (χ2v) is 5.91. The molecule has 1 heterocycles. The first-order chi connectivity index (χ1) is 8.22. The zero-order valence-electron chi connectivity index (χ0n) is 9.87. The highest BCUT2D eigenvalue weighted by Crippen LogP contribution is 2.30. The predicted octanol–water partition coefficient (Wildman–Crippen LogP) is 3.75. The number of hydrogen-bond donors (Lipinski definition) is 1. The van der Waals surface area contributed by atoms with E-state index in [1.54, 1.807) is 7.11 Å². The summed E-state index contributed by atoms with van der Waals surface area (Å²) in [7, 11) is 1.66. The molecule has 1 aromatic rings. The third-order valence-electron chi connectivity index (χ3n) is 2.58. The van der Waals surface area contributed by atoms with Crippen molar-refractivity contribution in [1.29, 1.82) is 0 Å². The number of anilines is 1. The number of ether oxygens (including phenoxy) is 1. The van der Waals surface area contributed by atoms with Crippen LogP contribution in [0.3, 0.4) is 0 Å². The lowest BCUT2D eigenvalue weighted by Gasteiger charge is -2.09. The number of thioether (sulfide) groups is 1. The van der Waals surface area contributed by atoms with Crippen molar-refractivity contribution in [3.8, 4) is 5.75 Å². The third-order valence-corrected chi connectivity index (χ3v) is 4.47. The molecule has 1 unspecified atom stereocenters. The van der Waals surface area contributed by atoms with Crippen LogP contribution >= 0.6 is 27.7 Å². The van der Waals surface area contributed by atoms with Gasteiger partial charge in [-0.15, -0.1) is 0 Å². The Labute approximate surface area is 114 Å². The van der Waals surface area contributed by atoms with Crippen LogP contribution in [0, 0.1) is 0 Å². The fourth-order valence-electron chi connectivity index (χ4n) is 1.57. The molecular formula is C12H15BrN2OS. The summed E-state index contributed by atoms with van der Waals surface area (Å²) in [6, 6.07) is 5.93. The van der Waals surface area contributed by atoms with Crippen molar-refractivity contribution in [1.82, 2.24) is 0 Å². The van der Waals surface area contributed by atoms with Crippen molar-refractivity contribution in [2.75, 3.05) is 19.0 Å². The summed E-state index contributed by atoms with van der Waals surface area (Å²) in [5, 5.41) is 4.96. The van der Waals surface area contributed by atoms with Crippen molar-refractivity contribution >= 4 is 38.5 Å². The maximum Gasteiger partial charge on any atom is 0.161 e. The van der Waals surface area contributed by atoms with Gasteiger partial charge in [-0.2, -0.15) is 0 Å². The average Bonchev–Trinajstić information content (AvgIpc) is 2.77. The molecule has 0 aliphatic carbocycles. The number of nitrogens with zero attached hydrogens (tertiary/aromatic N) is 1. The first-order valence-electron chi connectivity index (χ1n) is 5.54. The maximum absolute atomic E-state index is 5.19. The Bertz CT molecular complexity index is 437. The monoisotopic (exact) mass is 314 g/mol. The van der Waals surface area contributed by atoms with E-state index in [1.807, 2.05) is 30.0 Å². The quantitative estimate of drug-likeness (QED) is 0.922. The number of nitrogens with one attached hydrogen (secondary N) is 1. The van der Waals surface area contributed by atoms with Gasteiger partial charge in [0.1, 0.15) is 5.75 Å². The Morgan fingerprint density at radius 1 is 1.59 bits per heavy atom. The summed E-state index contributed by atoms with van der Waals surface area (Å²) in [4.78, 5) is 4.48. The number of benzene rings is 1. The van der Waals surface area contributed by atoms with E-state index in [1.165, 1.54) is 0 Å². The fraction of sp³-hybridized carbons (Fsp3) is 0.417. The van der Waals surface area contributed by atoms with Gasteiger partial charge in [0.2, 0.25) is 0 Å². The van der Waals surface area contributed by atoms with Crippen LogP contribution in [-0.4, -0.2) is 24.1 Å². The van der Waals surface area contributed by atoms with E-state index < -0.39 is 0 Å². The second kappa shape index (κ2) is 5.78. The molecule has 0 saturated heterocycles. The van der Waals surface area contributed by atoms with Crippen LogP contribution in [0.4, 0.5) is 5.69 Å². The molecule has 92 valence electrons. The van der Waals surface area contributed by atoms with Gasteiger partial charge in [-0.1, -0.05) is 18.7 Å². The number of aliphatic imine (C=N–C) groups is 1. The van der Waals surface area contributed by atoms with E-state index in [4.69, 9.17) is 4.74 Å². The molecule has 0 radical (unpaired) electrons. The lowest BCUT2D eigenvalue weighted by molar-refractivity contribution is 0.412. The molecule has 1 atom stereocenters. The second-order valence-electron chi connectivity index (χ2n) is 3.77. The van der Waals surface area contributed by atoms with E-state index >= 15 is 0 Å². The summed E-state index contributed by atoms with van der Waals surface area (Å²) in [5.74, 6) is 0.836. The first-order valence-corrected chi connectivity index (χ1v) is 7.22. The highest BCUT2D eigenvalue weighted by atomic mass is 79.9. The average molecular weight is 315 g/mol. The van der Waals surface area contributed by atoms with Crippen LogP contribution < -0.4 is 10.1 Å². The highest BCUT2D eigenvalue weighted by molar-refractivity contribution is 9.10. The predicted molar refractivity (Wildman–Crippen MR) is 78.3 cm³/mol. The van der Waals surface area contributed by atoms with Gasteiger partial charge in [-0.25, -0.2) is 0 Å². The zero-order chi connectivity index (χ0) is 12.3. The summed E-state index contributed by atoms with van der Waals surface area (Å²) in [6.07, 6.45) is 1.16. The van der Waals surface area contributed by atoms with Crippen LogP contribution in [0.15, 0.2) is 27.7 Å². The van der Waals surface area contributed by atoms with Crippen LogP contribution in [-0.2, 0) is 0 Å². The largest absolute Gasteiger partial charge is 0.496 e. The number of amidine groups is 1. The molecule has 0 saturated carbocycles. The molecule has 0 fully saturated rings. The lowest BCUT2D eigenvalue weighted by Crippen LogP contribution is -2.06. The van der Waals surface area contributed by atoms with Crippen LogP contribution in [0.2, 0.25) is 0 Å². The number of methoxy groups -OCH3 is 1. The van der Waals surface area contributed by atoms with Gasteiger partial charge < -0.3 is 10.1 Å². The third kappa shape index (κ3) is 3.16. The van der Waals surface area contributed by atoms with Gasteiger partial charge in [-0.05, 0) is 40.5 Å². The van der Waals surface area contributed by atoms with Crippen molar-refractivity contribution < 1.29 is 4.74 Å². The molecule has 1 aliphatic heterocycles. The molecule has 2 rings (SSSR count). The van der Waals surface area contributed by atoms with E-state index in [0.717, 1.165) is 34.0 Å². The van der Waals surface area contributed by atoms with Crippen molar-refractivity contribution in [3.05, 3.63) is 22.7 Å². The van der Waals surface area contributed by atoms with Gasteiger partial charge in [0.05, 0.1) is 18.1 Å². The van der Waals surface area contributed by atoms with Gasteiger partial charge in [0.15, 0.2) is 5.17 Å². The molecule has 0 aromatic heterocycles. The normalized spacial score (nSPS) is 19.0. The summed E-state index contributed by atoms with van der Waals surface area (Å²) < 4.78 is 6.14. The molecular weight excluding hydrogens is 300 g/mol. The zero-order valence-corrected chi connectivity index (χ0v) is 12.3. The Morgan fingerprint density at radius 3 is 3.00 bits per heavy atom. The van der Waals surface area contributed by atoms with E-state index in [9.17, 15) is 0 Å². The van der Waals surface area contributed by atoms with Gasteiger partial charge in [-0.3, -0.25) is 4.99 Å². The topological polar surface area (TPSA) is 33.6 Å². The van der Waals surface area contributed by atoms with Crippen LogP contribution in [0.25, 0.3) is 0 Å². The first kappa shape index (κ1) is 12.8. The fourth-order valence-corrected chi connectivity index (χ4v) is 3.06. The molecule has 0 bridgehead atoms. The minimum absolute atomic E-state index is 0.624. The van der Waals surface area contributed by atoms with Gasteiger partial charge in [0, 0.05) is 10.9 Å². The van der Waals surface area contributed by atoms with Gasteiger partial charge >= 0.3 is 0 Å². The maximum atomic E-state index is 5.19. The Hall–Kier alpha value is -0.680. The lowest BCUT2D eigenvalue weighted by atomic mass is 10.3. The highest BCUT2D eigenvalue weighted by Gasteiger charge is 2.17. The standard InChI is InChI=1S/C12H15BrN2OS/c1-3-9-7-14-12(17-9)15-8-4-5-11(16-2)10(13)6-8/h4-6,9H,3,7H2,1-2H3,(H,14,15). The SMILES string of the molecule is CCC1CN=C(Nc2ccc(OC)c(Br)c2)S1. The molecule has 3 nitrogen and oxygen atoms in total. The van der Waals surface area contributed by atoms with Crippen molar-refractivity contribution in [2.45, 2.75) is 18.6 Å². The molecule has 0 amide bonds. The summed E-state index contributed by atoms with van der Waals surface area (Å²) in [5.41, 5.74) is 1.03. The summed E-state index contributed by atoms with van der Waals surface area (Å²) >= 11 is 5.28. The van der Waals surface area contributed by atoms with Crippen LogP contribution in [0.5, 0.6) is 5.75 Å². The van der Waals surface area contributed by atoms with E-state index in [2.05, 4.69) is 33.2 Å². The molecule has 1 aromatic carbocycles. The Morgan fingerprint density at radius 2 is 2.41 bits per heavy atom. The molecule has 1 aliphatic rings. The Balaban J connectivity index is 2.02. The molecule has 17 heavy (non-hydrogen) atoms. The van der Waals surface area contributed by atoms with Gasteiger partial charge in [0.25, 0.3) is 0 Å². The molecule has 1 N–H and O–H groups in total. The van der Waals surface area contributed by atoms with E-state index in [0.29, 0.717) is 5.25 Å². The van der Waals surface area contributed by atoms with E-state index in [-0.39, 0.29) is 0 Å². The summed E-state index contributed by atoms with van der Waals surface area (Å²) in [6.45, 7) is 3.11. The number of rotatable bonds is 3. The minimum Gasteiger partial charge on any atom is -0.496 e. The minimum atomic E-state index is 0.624. The molecule has 0 spiro atoms.